The molecule has 10 nitrogen and oxygen atoms in total. The number of hydrogen-bond acceptors (Lipinski definition) is 5. The Hall–Kier alpha value is -2.95. The maximum Gasteiger partial charge on any atom is 0.328 e. The predicted molar refractivity (Wildman–Crippen MR) is 109 cm³/mol. The first-order valence-corrected chi connectivity index (χ1v) is 9.72. The van der Waals surface area contributed by atoms with E-state index >= 15 is 0 Å². The Balaban J connectivity index is 1.86. The van der Waals surface area contributed by atoms with Crippen molar-refractivity contribution < 1.29 is 14.7 Å². The maximum absolute atomic E-state index is 12.8. The molecule has 1 atom stereocenters. The maximum atomic E-state index is 12.8. The van der Waals surface area contributed by atoms with Gasteiger partial charge < -0.3 is 10.4 Å². The molecule has 0 spiro atoms. The third-order valence-electron chi connectivity index (χ3n) is 4.81. The van der Waals surface area contributed by atoms with Crippen LogP contribution >= 0.6 is 15.9 Å². The Kier molecular flexibility index (Phi) is 5.60. The van der Waals surface area contributed by atoms with E-state index in [1.165, 1.54) is 23.9 Å². The van der Waals surface area contributed by atoms with E-state index in [9.17, 15) is 14.7 Å². The van der Waals surface area contributed by atoms with Crippen molar-refractivity contribution in [3.05, 3.63) is 45.2 Å². The molecule has 3 aromatic rings. The lowest BCUT2D eigenvalue weighted by Crippen LogP contribution is -2.24. The molecule has 0 aliphatic rings. The summed E-state index contributed by atoms with van der Waals surface area (Å²) in [5, 5.41) is 25.0. The molecular weight excluding hydrogens is 442 g/mol. The molecule has 1 unspecified atom stereocenters. The lowest BCUT2D eigenvalue weighted by molar-refractivity contribution is -0.140. The van der Waals surface area contributed by atoms with Crippen LogP contribution in [-0.4, -0.2) is 46.3 Å². The number of halogens is 1. The summed E-state index contributed by atoms with van der Waals surface area (Å²) in [5.74, 6) is -1.52. The highest BCUT2D eigenvalue weighted by Gasteiger charge is 2.23. The zero-order chi connectivity index (χ0) is 21.5. The van der Waals surface area contributed by atoms with Crippen LogP contribution in [0, 0.1) is 27.7 Å². The smallest absolute Gasteiger partial charge is 0.328 e. The van der Waals surface area contributed by atoms with Crippen molar-refractivity contribution in [3.63, 3.8) is 0 Å². The summed E-state index contributed by atoms with van der Waals surface area (Å²) < 4.78 is 5.72. The van der Waals surface area contributed by atoms with E-state index in [0.717, 1.165) is 21.6 Å². The van der Waals surface area contributed by atoms with E-state index in [2.05, 4.69) is 36.5 Å². The number of rotatable bonds is 6. The number of carbonyl (C=O) groups excluding carboxylic acids is 1. The Labute approximate surface area is 175 Å². The largest absolute Gasteiger partial charge is 0.480 e. The van der Waals surface area contributed by atoms with Crippen molar-refractivity contribution in [2.45, 2.75) is 47.3 Å². The van der Waals surface area contributed by atoms with Gasteiger partial charge in [0.1, 0.15) is 18.4 Å². The van der Waals surface area contributed by atoms with Crippen LogP contribution < -0.4 is 5.32 Å². The molecule has 0 saturated heterocycles. The quantitative estimate of drug-likeness (QED) is 0.579. The van der Waals surface area contributed by atoms with Crippen molar-refractivity contribution >= 4 is 33.5 Å². The molecule has 0 radical (unpaired) electrons. The van der Waals surface area contributed by atoms with Gasteiger partial charge in [0.2, 0.25) is 0 Å². The van der Waals surface area contributed by atoms with Crippen LogP contribution in [0.5, 0.6) is 0 Å². The summed E-state index contributed by atoms with van der Waals surface area (Å²) in [5.41, 5.74) is 4.01. The van der Waals surface area contributed by atoms with E-state index in [0.29, 0.717) is 18.1 Å². The number of aliphatic carboxylic acids is 1. The van der Waals surface area contributed by atoms with Crippen LogP contribution in [0.1, 0.15) is 46.2 Å². The second-order valence-corrected chi connectivity index (χ2v) is 7.59. The number of carbonyl (C=O) groups is 2. The van der Waals surface area contributed by atoms with Gasteiger partial charge in [0.05, 0.1) is 32.9 Å². The summed E-state index contributed by atoms with van der Waals surface area (Å²) >= 11 is 3.51. The van der Waals surface area contributed by atoms with Crippen LogP contribution in [0.25, 0.3) is 0 Å². The van der Waals surface area contributed by atoms with Crippen molar-refractivity contribution in [2.75, 3.05) is 5.32 Å². The lowest BCUT2D eigenvalue weighted by Gasteiger charge is -2.12. The monoisotopic (exact) mass is 463 g/mol. The number of carboxylic acid groups (broad SMARTS) is 1. The minimum absolute atomic E-state index is 0.161. The molecule has 11 heteroatoms. The van der Waals surface area contributed by atoms with E-state index in [-0.39, 0.29) is 5.69 Å². The van der Waals surface area contributed by atoms with Gasteiger partial charge in [-0.3, -0.25) is 4.79 Å². The average molecular weight is 464 g/mol. The van der Waals surface area contributed by atoms with Crippen LogP contribution in [0.15, 0.2) is 16.7 Å². The Morgan fingerprint density at radius 1 is 1.14 bits per heavy atom. The molecule has 0 aromatic carbocycles. The van der Waals surface area contributed by atoms with E-state index in [1.54, 1.807) is 11.6 Å². The molecule has 0 aliphatic heterocycles. The van der Waals surface area contributed by atoms with Gasteiger partial charge in [-0.15, -0.1) is 0 Å². The second kappa shape index (κ2) is 7.82. The molecule has 3 aromatic heterocycles. The molecule has 2 N–H and O–H groups in total. The summed E-state index contributed by atoms with van der Waals surface area (Å²) in [6.45, 7) is 9.40. The van der Waals surface area contributed by atoms with Gasteiger partial charge in [-0.05, 0) is 56.6 Å². The van der Waals surface area contributed by atoms with Gasteiger partial charge in [0.25, 0.3) is 5.91 Å². The van der Waals surface area contributed by atoms with E-state index in [1.807, 2.05) is 25.5 Å². The van der Waals surface area contributed by atoms with Gasteiger partial charge in [-0.1, -0.05) is 0 Å². The normalized spacial score (nSPS) is 12.2. The molecule has 0 fully saturated rings. The molecule has 3 rings (SSSR count). The van der Waals surface area contributed by atoms with Crippen LogP contribution in [0.4, 0.5) is 5.69 Å². The number of aryl methyl sites for hydroxylation is 2. The minimum Gasteiger partial charge on any atom is -0.480 e. The lowest BCUT2D eigenvalue weighted by atomic mass is 10.2. The molecular formula is C18H22BrN7O3. The first-order chi connectivity index (χ1) is 13.6. The molecule has 154 valence electrons. The fourth-order valence-corrected chi connectivity index (χ4v) is 3.32. The van der Waals surface area contributed by atoms with Crippen molar-refractivity contribution in [3.8, 4) is 0 Å². The number of carboxylic acids is 1. The fourth-order valence-electron chi connectivity index (χ4n) is 3.04. The highest BCUT2D eigenvalue weighted by molar-refractivity contribution is 9.10. The highest BCUT2D eigenvalue weighted by atomic mass is 79.9. The van der Waals surface area contributed by atoms with Gasteiger partial charge in [0, 0.05) is 6.20 Å². The van der Waals surface area contributed by atoms with Crippen LogP contribution in [0.3, 0.4) is 0 Å². The number of aromatic nitrogens is 6. The van der Waals surface area contributed by atoms with Gasteiger partial charge >= 0.3 is 5.97 Å². The Morgan fingerprint density at radius 2 is 1.76 bits per heavy atom. The van der Waals surface area contributed by atoms with E-state index in [4.69, 9.17) is 0 Å². The van der Waals surface area contributed by atoms with Crippen molar-refractivity contribution in [1.82, 2.24) is 29.3 Å². The Bertz CT molecular complexity index is 1100. The molecule has 3 heterocycles. The summed E-state index contributed by atoms with van der Waals surface area (Å²) in [4.78, 5) is 24.0. The van der Waals surface area contributed by atoms with Crippen LogP contribution in [0.2, 0.25) is 0 Å². The molecule has 0 bridgehead atoms. The first-order valence-electron chi connectivity index (χ1n) is 8.93. The number of amides is 1. The second-order valence-electron chi connectivity index (χ2n) is 6.80. The summed E-state index contributed by atoms with van der Waals surface area (Å²) in [7, 11) is 0. The highest BCUT2D eigenvalue weighted by Crippen LogP contribution is 2.23. The number of nitrogens with zero attached hydrogens (tertiary/aromatic N) is 6. The van der Waals surface area contributed by atoms with Crippen molar-refractivity contribution in [1.29, 1.82) is 0 Å². The van der Waals surface area contributed by atoms with Gasteiger partial charge in [-0.2, -0.15) is 15.3 Å². The number of nitrogens with one attached hydrogen (secondary N) is 1. The fraction of sp³-hybridized carbons (Fsp3) is 0.389. The Morgan fingerprint density at radius 3 is 2.34 bits per heavy atom. The van der Waals surface area contributed by atoms with Crippen molar-refractivity contribution in [2.24, 2.45) is 0 Å². The van der Waals surface area contributed by atoms with Crippen LogP contribution in [-0.2, 0) is 11.5 Å². The zero-order valence-electron chi connectivity index (χ0n) is 16.8. The minimum atomic E-state index is -1.07. The number of anilines is 1. The zero-order valence-corrected chi connectivity index (χ0v) is 18.4. The summed E-state index contributed by atoms with van der Waals surface area (Å²) in [6, 6.07) is 0.525. The average Bonchev–Trinajstić information content (AvgIpc) is 3.32. The topological polar surface area (TPSA) is 120 Å². The molecule has 0 aliphatic carbocycles. The molecule has 1 amide bonds. The molecule has 0 saturated carbocycles. The molecule has 29 heavy (non-hydrogen) atoms. The number of hydrogen-bond donors (Lipinski definition) is 2. The SMILES string of the molecule is Cc1nn(Cn2nc(C)c(NC(=O)c3ccnn3C(C)C(=O)O)c2C)c(C)c1Br. The summed E-state index contributed by atoms with van der Waals surface area (Å²) in [6.07, 6.45) is 1.40. The standard InChI is InChI=1S/C18H22BrN7O3/c1-9-15(19)11(3)24(22-9)8-25-12(4)16(10(2)23-25)21-17(27)14-6-7-20-26(14)13(5)18(28)29/h6-7,13H,8H2,1-5H3,(H,21,27)(H,28,29). The third kappa shape index (κ3) is 3.82. The first kappa shape index (κ1) is 20.8. The van der Waals surface area contributed by atoms with E-state index < -0.39 is 17.9 Å². The third-order valence-corrected chi connectivity index (χ3v) is 5.96. The van der Waals surface area contributed by atoms with Gasteiger partial charge in [0.15, 0.2) is 0 Å². The van der Waals surface area contributed by atoms with Gasteiger partial charge in [-0.25, -0.2) is 18.8 Å². The predicted octanol–water partition coefficient (Wildman–Crippen LogP) is 2.68.